The molecule has 0 rings (SSSR count). The highest BCUT2D eigenvalue weighted by Crippen LogP contribution is 2.18. The normalized spacial score (nSPS) is 11.7. The monoisotopic (exact) mass is 1270 g/mol. The minimum Gasteiger partial charge on any atom is -0.355 e. The van der Waals surface area contributed by atoms with E-state index in [4.69, 9.17) is 0 Å². The van der Waals surface area contributed by atoms with Gasteiger partial charge in [-0.2, -0.15) is 0 Å². The first-order chi connectivity index (χ1) is 43.9. The fraction of sp³-hybridized carbons (Fsp3) is 0.923. The third-order valence-corrected chi connectivity index (χ3v) is 18.6. The zero-order valence-corrected chi connectivity index (χ0v) is 60.9. The van der Waals surface area contributed by atoms with Crippen LogP contribution < -0.4 is 10.6 Å². The molecule has 0 aliphatic carbocycles. The van der Waals surface area contributed by atoms with E-state index in [9.17, 15) is 28.8 Å². The molecular formula is C78H152N6O6. The molecule has 530 valence electrons. The lowest BCUT2D eigenvalue weighted by atomic mass is 10.0. The molecule has 0 atom stereocenters. The van der Waals surface area contributed by atoms with Crippen LogP contribution in [0.2, 0.25) is 0 Å². The molecule has 0 aromatic heterocycles. The summed E-state index contributed by atoms with van der Waals surface area (Å²) in [5, 5.41) is 6.13. The van der Waals surface area contributed by atoms with Gasteiger partial charge in [0.05, 0.1) is 26.2 Å². The molecule has 0 aliphatic rings. The molecule has 0 saturated heterocycles. The lowest BCUT2D eigenvalue weighted by Gasteiger charge is -2.23. The summed E-state index contributed by atoms with van der Waals surface area (Å²) < 4.78 is 0. The lowest BCUT2D eigenvalue weighted by Crippen LogP contribution is -2.41. The van der Waals surface area contributed by atoms with Gasteiger partial charge in [0.15, 0.2) is 0 Å². The minimum absolute atomic E-state index is 0.0380. The average Bonchev–Trinajstić information content (AvgIpc) is 3.67. The number of Topliss-reactive ketones (excluding diaryl/α,β-unsaturated/α-hetero) is 4. The third-order valence-electron chi connectivity index (χ3n) is 18.6. The highest BCUT2D eigenvalue weighted by molar-refractivity contribution is 5.84. The molecule has 0 radical (unpaired) electrons. The van der Waals surface area contributed by atoms with Gasteiger partial charge in [0.1, 0.15) is 23.1 Å². The number of unbranched alkanes of at least 4 members (excludes halogenated alkanes) is 44. The van der Waals surface area contributed by atoms with Crippen molar-refractivity contribution in [2.45, 2.75) is 374 Å². The Morgan fingerprint density at radius 3 is 0.589 bits per heavy atom. The van der Waals surface area contributed by atoms with Crippen molar-refractivity contribution in [3.63, 3.8) is 0 Å². The van der Waals surface area contributed by atoms with Gasteiger partial charge in [0, 0.05) is 90.9 Å². The SMILES string of the molecule is CCCCCCCCCCCCCCC(=O)CN(CCNC(=O)CCN(C)CCN(C)CCC(=O)NCCN(CC(=O)CCCCCCCCCCCCCC)CC(=O)CCCCCCCCCCCCCC)CC(=O)CCCCCCCCCCCCCC. The van der Waals surface area contributed by atoms with Crippen LogP contribution in [0.4, 0.5) is 0 Å². The van der Waals surface area contributed by atoms with Crippen molar-refractivity contribution in [1.29, 1.82) is 0 Å². The molecule has 0 unspecified atom stereocenters. The van der Waals surface area contributed by atoms with Gasteiger partial charge in [0.2, 0.25) is 11.8 Å². The number of nitrogens with zero attached hydrogens (tertiary/aromatic N) is 4. The fourth-order valence-corrected chi connectivity index (χ4v) is 12.4. The van der Waals surface area contributed by atoms with Crippen molar-refractivity contribution in [1.82, 2.24) is 30.2 Å². The van der Waals surface area contributed by atoms with E-state index in [2.05, 4.69) is 48.1 Å². The van der Waals surface area contributed by atoms with E-state index in [-0.39, 0.29) is 61.1 Å². The third kappa shape index (κ3) is 65.5. The molecule has 90 heavy (non-hydrogen) atoms. The average molecular weight is 1270 g/mol. The van der Waals surface area contributed by atoms with E-state index in [1.165, 1.54) is 257 Å². The smallest absolute Gasteiger partial charge is 0.221 e. The zero-order chi connectivity index (χ0) is 65.9. The van der Waals surface area contributed by atoms with Gasteiger partial charge in [-0.1, -0.05) is 310 Å². The van der Waals surface area contributed by atoms with Gasteiger partial charge in [0.25, 0.3) is 0 Å². The summed E-state index contributed by atoms with van der Waals surface area (Å²) in [5.41, 5.74) is 0. The van der Waals surface area contributed by atoms with Crippen molar-refractivity contribution in [3.05, 3.63) is 0 Å². The molecular weight excluding hydrogens is 1120 g/mol. The second-order valence-corrected chi connectivity index (χ2v) is 27.9. The van der Waals surface area contributed by atoms with Gasteiger partial charge >= 0.3 is 0 Å². The van der Waals surface area contributed by atoms with Crippen LogP contribution in [-0.2, 0) is 28.8 Å². The predicted molar refractivity (Wildman–Crippen MR) is 386 cm³/mol. The van der Waals surface area contributed by atoms with Gasteiger partial charge < -0.3 is 20.4 Å². The van der Waals surface area contributed by atoms with Crippen molar-refractivity contribution >= 4 is 34.9 Å². The molecule has 12 heteroatoms. The summed E-state index contributed by atoms with van der Waals surface area (Å²) in [6.45, 7) is 14.6. The summed E-state index contributed by atoms with van der Waals surface area (Å²) in [6.07, 6.45) is 63.3. The number of carbonyl (C=O) groups excluding carboxylic acids is 6. The number of likely N-dealkylation sites (N-methyl/N-ethyl adjacent to an activating group) is 2. The molecule has 0 spiro atoms. The summed E-state index contributed by atoms with van der Waals surface area (Å²) >= 11 is 0. The van der Waals surface area contributed by atoms with Crippen LogP contribution >= 0.6 is 0 Å². The predicted octanol–water partition coefficient (Wildman–Crippen LogP) is 19.1. The van der Waals surface area contributed by atoms with E-state index >= 15 is 0 Å². The van der Waals surface area contributed by atoms with Crippen molar-refractivity contribution in [3.8, 4) is 0 Å². The van der Waals surface area contributed by atoms with Crippen LogP contribution in [0, 0.1) is 0 Å². The molecule has 2 N–H and O–H groups in total. The molecule has 0 fully saturated rings. The van der Waals surface area contributed by atoms with Crippen LogP contribution in [0.15, 0.2) is 0 Å². The van der Waals surface area contributed by atoms with Crippen LogP contribution in [0.5, 0.6) is 0 Å². The first kappa shape index (κ1) is 87.5. The Labute approximate surface area is 558 Å². The van der Waals surface area contributed by atoms with Crippen LogP contribution in [0.3, 0.4) is 0 Å². The second kappa shape index (κ2) is 69.3. The van der Waals surface area contributed by atoms with Gasteiger partial charge in [-0.25, -0.2) is 0 Å². The van der Waals surface area contributed by atoms with E-state index in [0.29, 0.717) is 77.8 Å². The first-order valence-electron chi connectivity index (χ1n) is 39.4. The summed E-state index contributed by atoms with van der Waals surface area (Å²) in [5.74, 6) is 0.680. The molecule has 0 heterocycles. The molecule has 0 bridgehead atoms. The number of rotatable bonds is 75. The molecule has 12 nitrogen and oxygen atoms in total. The van der Waals surface area contributed by atoms with Gasteiger partial charge in [-0.3, -0.25) is 38.6 Å². The Morgan fingerprint density at radius 1 is 0.222 bits per heavy atom. The first-order valence-corrected chi connectivity index (χ1v) is 39.4. The number of hydrogen-bond acceptors (Lipinski definition) is 10. The molecule has 0 aromatic carbocycles. The largest absolute Gasteiger partial charge is 0.355 e. The standard InChI is InChI=1S/C78H152N6O6/c1-7-11-15-19-23-27-31-35-39-43-47-51-55-73(85)69-83(70-74(86)56-52-48-44-40-36-32-28-24-20-16-12-8-2)65-61-79-77(89)59-63-81(5)67-68-82(6)64-60-78(90)80-62-66-84(71-75(87)57-53-49-45-41-37-33-29-25-21-17-13-9-3)72-76(88)58-54-50-46-42-38-34-30-26-22-18-14-10-4/h7-72H2,1-6H3,(H,79,89)(H,80,90). The Kier molecular flexibility index (Phi) is 67.3. The molecule has 0 aliphatic heterocycles. The summed E-state index contributed by atoms with van der Waals surface area (Å²) in [6, 6.07) is 0. The highest BCUT2D eigenvalue weighted by Gasteiger charge is 2.18. The topological polar surface area (TPSA) is 139 Å². The second-order valence-electron chi connectivity index (χ2n) is 27.9. The molecule has 2 amide bonds. The Bertz CT molecular complexity index is 1430. The van der Waals surface area contributed by atoms with Crippen molar-refractivity contribution in [2.24, 2.45) is 0 Å². The van der Waals surface area contributed by atoms with Crippen LogP contribution in [0.25, 0.3) is 0 Å². The minimum atomic E-state index is -0.0380. The van der Waals surface area contributed by atoms with E-state index in [1.807, 2.05) is 23.9 Å². The number of nitrogens with one attached hydrogen (secondary N) is 2. The zero-order valence-electron chi connectivity index (χ0n) is 60.9. The van der Waals surface area contributed by atoms with Crippen molar-refractivity contribution < 1.29 is 28.8 Å². The number of amides is 2. The van der Waals surface area contributed by atoms with E-state index < -0.39 is 0 Å². The lowest BCUT2D eigenvalue weighted by molar-refractivity contribution is -0.125. The van der Waals surface area contributed by atoms with Gasteiger partial charge in [-0.15, -0.1) is 0 Å². The Balaban J connectivity index is 4.89. The number of carbonyl (C=O) groups is 6. The maximum absolute atomic E-state index is 13.2. The summed E-state index contributed by atoms with van der Waals surface area (Å²) in [7, 11) is 4.02. The Morgan fingerprint density at radius 2 is 0.400 bits per heavy atom. The number of ketones is 4. The quantitative estimate of drug-likeness (QED) is 0.0566. The van der Waals surface area contributed by atoms with Crippen LogP contribution in [-0.4, -0.2) is 147 Å². The maximum Gasteiger partial charge on any atom is 0.221 e. The number of hydrogen-bond donors (Lipinski definition) is 2. The van der Waals surface area contributed by atoms with Crippen LogP contribution in [0.1, 0.15) is 374 Å². The molecule has 0 saturated carbocycles. The molecule has 0 aromatic rings. The fourth-order valence-electron chi connectivity index (χ4n) is 12.4. The maximum atomic E-state index is 13.2. The summed E-state index contributed by atoms with van der Waals surface area (Å²) in [4.78, 5) is 87.3. The highest BCUT2D eigenvalue weighted by atomic mass is 16.2. The Hall–Kier alpha value is -2.54. The van der Waals surface area contributed by atoms with Crippen molar-refractivity contribution in [2.75, 3.05) is 92.6 Å². The van der Waals surface area contributed by atoms with E-state index in [1.54, 1.807) is 0 Å². The van der Waals surface area contributed by atoms with E-state index in [0.717, 1.165) is 64.5 Å². The van der Waals surface area contributed by atoms with Gasteiger partial charge in [-0.05, 0) is 39.8 Å².